The standard InChI is InChI=1S/C62H39N7/c1-4-15-41(16-5-1)60-64-61(42-17-6-2-7-18-42)66-62(65-60)69-54-24-13-11-22-49(54)51-38-45(30-34-56(51)69)44-29-33-55-50(37-44)48-21-10-12-23-53(48)67(55)47-31-26-40(27-32-47)43-28-35-57-52(39-43)59-58(25-14-36-63-59)68(57)46-19-8-3-9-20-46/h1-39H. The van der Waals surface area contributed by atoms with Gasteiger partial charge in [0.15, 0.2) is 11.6 Å². The minimum Gasteiger partial charge on any atom is -0.309 e. The molecule has 0 bridgehead atoms. The summed E-state index contributed by atoms with van der Waals surface area (Å²) < 4.78 is 6.87. The third-order valence-corrected chi connectivity index (χ3v) is 13.6. The highest BCUT2D eigenvalue weighted by Crippen LogP contribution is 2.40. The summed E-state index contributed by atoms with van der Waals surface area (Å²) in [5, 5.41) is 5.81. The third kappa shape index (κ3) is 6.29. The maximum absolute atomic E-state index is 5.13. The number of hydrogen-bond acceptors (Lipinski definition) is 4. The van der Waals surface area contributed by atoms with Gasteiger partial charge < -0.3 is 9.13 Å². The Balaban J connectivity index is 0.855. The second kappa shape index (κ2) is 15.6. The molecule has 9 aromatic carbocycles. The van der Waals surface area contributed by atoms with Gasteiger partial charge in [0.05, 0.1) is 38.6 Å². The molecule has 0 fully saturated rings. The average molecular weight is 882 g/mol. The van der Waals surface area contributed by atoms with Gasteiger partial charge in [0.1, 0.15) is 0 Å². The summed E-state index contributed by atoms with van der Waals surface area (Å²) in [5.74, 6) is 1.84. The molecule has 0 radical (unpaired) electrons. The molecule has 0 spiro atoms. The normalized spacial score (nSPS) is 11.8. The van der Waals surface area contributed by atoms with Crippen molar-refractivity contribution in [1.29, 1.82) is 0 Å². The lowest BCUT2D eigenvalue weighted by Gasteiger charge is -2.11. The second-order valence-electron chi connectivity index (χ2n) is 17.5. The molecule has 0 saturated carbocycles. The van der Waals surface area contributed by atoms with Crippen molar-refractivity contribution in [2.45, 2.75) is 0 Å². The lowest BCUT2D eigenvalue weighted by Crippen LogP contribution is -2.06. The first-order chi connectivity index (χ1) is 34.2. The summed E-state index contributed by atoms with van der Waals surface area (Å²) in [6.07, 6.45) is 1.88. The van der Waals surface area contributed by atoms with Gasteiger partial charge in [-0.1, -0.05) is 146 Å². The highest BCUT2D eigenvalue weighted by Gasteiger charge is 2.20. The second-order valence-corrected chi connectivity index (χ2v) is 17.5. The number of fused-ring (bicyclic) bond motifs is 9. The molecule has 322 valence electrons. The molecule has 7 heteroatoms. The molecule has 5 heterocycles. The van der Waals surface area contributed by atoms with Crippen LogP contribution in [0, 0.1) is 0 Å². The number of benzene rings is 9. The van der Waals surface area contributed by atoms with Gasteiger partial charge in [0.25, 0.3) is 0 Å². The molecule has 0 saturated heterocycles. The van der Waals surface area contributed by atoms with Crippen LogP contribution in [0.2, 0.25) is 0 Å². The monoisotopic (exact) mass is 881 g/mol. The fraction of sp³-hybridized carbons (Fsp3) is 0. The maximum Gasteiger partial charge on any atom is 0.238 e. The largest absolute Gasteiger partial charge is 0.309 e. The number of rotatable bonds is 7. The zero-order chi connectivity index (χ0) is 45.4. The Labute approximate surface area is 396 Å². The highest BCUT2D eigenvalue weighted by atomic mass is 15.2. The van der Waals surface area contributed by atoms with E-state index in [4.69, 9.17) is 19.9 Å². The summed E-state index contributed by atoms with van der Waals surface area (Å²) in [6, 6.07) is 81.5. The predicted molar refractivity (Wildman–Crippen MR) is 282 cm³/mol. The van der Waals surface area contributed by atoms with Crippen LogP contribution in [0.1, 0.15) is 0 Å². The number of hydrogen-bond donors (Lipinski definition) is 0. The van der Waals surface area contributed by atoms with E-state index in [1.54, 1.807) is 0 Å². The molecule has 14 rings (SSSR count). The molecule has 7 nitrogen and oxygen atoms in total. The van der Waals surface area contributed by atoms with E-state index in [0.717, 1.165) is 94.0 Å². The Kier molecular flexibility index (Phi) is 8.75. The van der Waals surface area contributed by atoms with Crippen molar-refractivity contribution in [3.8, 4) is 62.4 Å². The number of pyridine rings is 1. The van der Waals surface area contributed by atoms with Crippen molar-refractivity contribution in [2.24, 2.45) is 0 Å². The Bertz CT molecular complexity index is 4230. The van der Waals surface area contributed by atoms with Gasteiger partial charge in [-0.15, -0.1) is 0 Å². The van der Waals surface area contributed by atoms with E-state index in [-0.39, 0.29) is 0 Å². The Morgan fingerprint density at radius 1 is 0.261 bits per heavy atom. The quantitative estimate of drug-likeness (QED) is 0.160. The van der Waals surface area contributed by atoms with Gasteiger partial charge in [-0.05, 0) is 107 Å². The predicted octanol–water partition coefficient (Wildman–Crippen LogP) is 15.2. The van der Waals surface area contributed by atoms with Crippen molar-refractivity contribution in [1.82, 2.24) is 33.6 Å². The summed E-state index contributed by atoms with van der Waals surface area (Å²) in [4.78, 5) is 20.1. The van der Waals surface area contributed by atoms with Crippen LogP contribution in [-0.4, -0.2) is 33.6 Å². The van der Waals surface area contributed by atoms with E-state index < -0.39 is 0 Å². The van der Waals surface area contributed by atoms with E-state index in [9.17, 15) is 0 Å². The van der Waals surface area contributed by atoms with Crippen LogP contribution in [-0.2, 0) is 0 Å². The lowest BCUT2D eigenvalue weighted by molar-refractivity contribution is 0.953. The lowest BCUT2D eigenvalue weighted by atomic mass is 10.0. The topological polar surface area (TPSA) is 66.3 Å². The molecule has 0 aliphatic rings. The molecule has 0 unspecified atom stereocenters. The molecule has 0 aliphatic carbocycles. The summed E-state index contributed by atoms with van der Waals surface area (Å²) in [6.45, 7) is 0. The van der Waals surface area contributed by atoms with Crippen LogP contribution in [0.15, 0.2) is 237 Å². The van der Waals surface area contributed by atoms with Crippen LogP contribution >= 0.6 is 0 Å². The Morgan fingerprint density at radius 3 is 1.29 bits per heavy atom. The van der Waals surface area contributed by atoms with Gasteiger partial charge in [-0.2, -0.15) is 9.97 Å². The van der Waals surface area contributed by atoms with Crippen LogP contribution in [0.5, 0.6) is 0 Å². The Hall–Kier alpha value is -9.46. The van der Waals surface area contributed by atoms with Crippen LogP contribution in [0.25, 0.3) is 128 Å². The van der Waals surface area contributed by atoms with Crippen LogP contribution in [0.4, 0.5) is 0 Å². The Morgan fingerprint density at radius 2 is 0.681 bits per heavy atom. The zero-order valence-corrected chi connectivity index (χ0v) is 37.1. The molecule has 69 heavy (non-hydrogen) atoms. The van der Waals surface area contributed by atoms with Gasteiger partial charge in [-0.3, -0.25) is 9.55 Å². The van der Waals surface area contributed by atoms with Crippen molar-refractivity contribution < 1.29 is 0 Å². The average Bonchev–Trinajstić information content (AvgIpc) is 4.06. The number of para-hydroxylation sites is 3. The highest BCUT2D eigenvalue weighted by molar-refractivity contribution is 6.13. The maximum atomic E-state index is 5.13. The molecular formula is C62H39N7. The molecule has 0 amide bonds. The molecule has 0 N–H and O–H groups in total. The first-order valence-electron chi connectivity index (χ1n) is 23.2. The third-order valence-electron chi connectivity index (χ3n) is 13.6. The van der Waals surface area contributed by atoms with Gasteiger partial charge in [-0.25, -0.2) is 4.98 Å². The van der Waals surface area contributed by atoms with Gasteiger partial charge in [0.2, 0.25) is 5.95 Å². The molecule has 0 atom stereocenters. The van der Waals surface area contributed by atoms with E-state index in [2.05, 4.69) is 177 Å². The molecule has 0 aliphatic heterocycles. The zero-order valence-electron chi connectivity index (χ0n) is 37.1. The minimum absolute atomic E-state index is 0.578. The van der Waals surface area contributed by atoms with Gasteiger partial charge >= 0.3 is 0 Å². The number of aromatic nitrogens is 7. The fourth-order valence-corrected chi connectivity index (χ4v) is 10.4. The first kappa shape index (κ1) is 38.8. The van der Waals surface area contributed by atoms with Crippen molar-refractivity contribution >= 4 is 65.5 Å². The smallest absolute Gasteiger partial charge is 0.238 e. The SMILES string of the molecule is c1ccc(-c2nc(-c3ccccc3)nc(-n3c4ccccc4c4cc(-c5ccc6c(c5)c5ccccc5n6-c5ccc(-c6ccc7c(c6)c6ncccc6n7-c6ccccc6)cc5)ccc43)n2)cc1. The van der Waals surface area contributed by atoms with E-state index in [1.807, 2.05) is 72.9 Å². The number of nitrogens with zero attached hydrogens (tertiary/aromatic N) is 7. The minimum atomic E-state index is 0.578. The van der Waals surface area contributed by atoms with E-state index in [0.29, 0.717) is 17.6 Å². The fourth-order valence-electron chi connectivity index (χ4n) is 10.4. The summed E-state index contributed by atoms with van der Waals surface area (Å²) >= 11 is 0. The van der Waals surface area contributed by atoms with E-state index in [1.165, 1.54) is 16.3 Å². The van der Waals surface area contributed by atoms with Crippen LogP contribution in [0.3, 0.4) is 0 Å². The van der Waals surface area contributed by atoms with Crippen molar-refractivity contribution in [3.05, 3.63) is 237 Å². The summed E-state index contributed by atoms with van der Waals surface area (Å²) in [5.41, 5.74) is 16.3. The van der Waals surface area contributed by atoms with Crippen molar-refractivity contribution in [3.63, 3.8) is 0 Å². The van der Waals surface area contributed by atoms with Gasteiger partial charge in [0, 0.05) is 55.6 Å². The summed E-state index contributed by atoms with van der Waals surface area (Å²) in [7, 11) is 0. The molecule has 5 aromatic heterocycles. The van der Waals surface area contributed by atoms with E-state index >= 15 is 0 Å². The molecular weight excluding hydrogens is 843 g/mol. The first-order valence-corrected chi connectivity index (χ1v) is 23.2. The van der Waals surface area contributed by atoms with Crippen LogP contribution < -0.4 is 0 Å². The van der Waals surface area contributed by atoms with Crippen molar-refractivity contribution in [2.75, 3.05) is 0 Å². The molecule has 14 aromatic rings.